The van der Waals surface area contributed by atoms with Gasteiger partial charge < -0.3 is 14.4 Å². The molecule has 0 saturated heterocycles. The van der Waals surface area contributed by atoms with Gasteiger partial charge in [-0.3, -0.25) is 4.79 Å². The maximum absolute atomic E-state index is 11.1. The summed E-state index contributed by atoms with van der Waals surface area (Å²) in [6.07, 6.45) is 0.676. The number of aliphatic hydroxyl groups excluding tert-OH is 1. The van der Waals surface area contributed by atoms with E-state index < -0.39 is 6.29 Å². The molecule has 4 heteroatoms. The summed E-state index contributed by atoms with van der Waals surface area (Å²) in [5.74, 6) is 0. The second-order valence-electron chi connectivity index (χ2n) is 2.38. The SMILES string of the molecule is COC(O)Cn1ccccc1=O. The fourth-order valence-corrected chi connectivity index (χ4v) is 0.854. The third kappa shape index (κ3) is 2.18. The van der Waals surface area contributed by atoms with Crippen LogP contribution >= 0.6 is 0 Å². The van der Waals surface area contributed by atoms with Crippen molar-refractivity contribution in [3.8, 4) is 0 Å². The van der Waals surface area contributed by atoms with Crippen LogP contribution in [-0.4, -0.2) is 23.1 Å². The standard InChI is InChI=1S/C8H11NO3/c1-12-8(11)6-9-5-3-2-4-7(9)10/h2-5,8,11H,6H2,1H3. The molecule has 0 amide bonds. The van der Waals surface area contributed by atoms with Crippen molar-refractivity contribution in [2.45, 2.75) is 12.8 Å². The summed E-state index contributed by atoms with van der Waals surface area (Å²) in [5.41, 5.74) is -0.145. The Labute approximate surface area is 70.0 Å². The smallest absolute Gasteiger partial charge is 0.250 e. The maximum atomic E-state index is 11.1. The van der Waals surface area contributed by atoms with Crippen LogP contribution in [0.15, 0.2) is 29.2 Å². The molecule has 1 heterocycles. The van der Waals surface area contributed by atoms with Gasteiger partial charge in [0.15, 0.2) is 6.29 Å². The van der Waals surface area contributed by atoms with Crippen molar-refractivity contribution in [3.63, 3.8) is 0 Å². The van der Waals surface area contributed by atoms with E-state index in [4.69, 9.17) is 5.11 Å². The molecular weight excluding hydrogens is 158 g/mol. The summed E-state index contributed by atoms with van der Waals surface area (Å²) in [6.45, 7) is 0.163. The predicted octanol–water partition coefficient (Wildman–Crippen LogP) is -0.187. The summed E-state index contributed by atoms with van der Waals surface area (Å²) in [6, 6.07) is 4.81. The minimum Gasteiger partial charge on any atom is -0.366 e. The van der Waals surface area contributed by atoms with Crippen LogP contribution < -0.4 is 5.56 Å². The van der Waals surface area contributed by atoms with E-state index in [9.17, 15) is 4.79 Å². The van der Waals surface area contributed by atoms with Gasteiger partial charge in [0.1, 0.15) is 0 Å². The third-order valence-electron chi connectivity index (χ3n) is 1.52. The van der Waals surface area contributed by atoms with Crippen LogP contribution in [0, 0.1) is 0 Å². The molecule has 0 aliphatic rings. The molecule has 66 valence electrons. The Morgan fingerprint density at radius 1 is 1.67 bits per heavy atom. The van der Waals surface area contributed by atoms with Gasteiger partial charge in [0, 0.05) is 19.4 Å². The van der Waals surface area contributed by atoms with Crippen LogP contribution in [0.2, 0.25) is 0 Å². The second kappa shape index (κ2) is 4.04. The van der Waals surface area contributed by atoms with Crippen LogP contribution in [0.3, 0.4) is 0 Å². The molecule has 0 aliphatic carbocycles. The summed E-state index contributed by atoms with van der Waals surface area (Å²) in [7, 11) is 1.39. The highest BCUT2D eigenvalue weighted by Gasteiger charge is 2.02. The number of hydrogen-bond donors (Lipinski definition) is 1. The number of aromatic nitrogens is 1. The lowest BCUT2D eigenvalue weighted by Crippen LogP contribution is -2.26. The normalized spacial score (nSPS) is 12.8. The average molecular weight is 169 g/mol. The Morgan fingerprint density at radius 3 is 3.00 bits per heavy atom. The van der Waals surface area contributed by atoms with Crippen molar-refractivity contribution >= 4 is 0 Å². The topological polar surface area (TPSA) is 51.5 Å². The minimum absolute atomic E-state index is 0.145. The molecule has 1 N–H and O–H groups in total. The summed E-state index contributed by atoms with van der Waals surface area (Å²) in [5, 5.41) is 9.05. The first-order chi connectivity index (χ1) is 5.74. The van der Waals surface area contributed by atoms with E-state index in [2.05, 4.69) is 4.74 Å². The molecule has 0 radical (unpaired) electrons. The first-order valence-corrected chi connectivity index (χ1v) is 3.60. The van der Waals surface area contributed by atoms with Crippen LogP contribution in [0.1, 0.15) is 0 Å². The molecule has 0 bridgehead atoms. The molecule has 1 unspecified atom stereocenters. The van der Waals surface area contributed by atoms with Gasteiger partial charge in [0.05, 0.1) is 6.54 Å². The molecule has 1 rings (SSSR count). The van der Waals surface area contributed by atoms with Gasteiger partial charge in [0.2, 0.25) is 0 Å². The number of nitrogens with zero attached hydrogens (tertiary/aromatic N) is 1. The van der Waals surface area contributed by atoms with E-state index in [0.717, 1.165) is 0 Å². The van der Waals surface area contributed by atoms with Crippen LogP contribution in [0.5, 0.6) is 0 Å². The van der Waals surface area contributed by atoms with Gasteiger partial charge in [0.25, 0.3) is 5.56 Å². The van der Waals surface area contributed by atoms with E-state index >= 15 is 0 Å². The van der Waals surface area contributed by atoms with Crippen LogP contribution in [-0.2, 0) is 11.3 Å². The van der Waals surface area contributed by atoms with Crippen molar-refractivity contribution in [1.29, 1.82) is 0 Å². The minimum atomic E-state index is -0.926. The van der Waals surface area contributed by atoms with E-state index in [0.29, 0.717) is 0 Å². The lowest BCUT2D eigenvalue weighted by Gasteiger charge is -2.09. The molecule has 0 spiro atoms. The van der Waals surface area contributed by atoms with Gasteiger partial charge in [-0.25, -0.2) is 0 Å². The third-order valence-corrected chi connectivity index (χ3v) is 1.52. The zero-order valence-electron chi connectivity index (χ0n) is 6.80. The first kappa shape index (κ1) is 8.96. The van der Waals surface area contributed by atoms with E-state index in [1.807, 2.05) is 0 Å². The number of aliphatic hydroxyl groups is 1. The monoisotopic (exact) mass is 169 g/mol. The van der Waals surface area contributed by atoms with E-state index in [1.165, 1.54) is 17.7 Å². The van der Waals surface area contributed by atoms with Crippen molar-refractivity contribution in [2.75, 3.05) is 7.11 Å². The number of rotatable bonds is 3. The number of ether oxygens (including phenoxy) is 1. The van der Waals surface area contributed by atoms with Crippen molar-refractivity contribution in [2.24, 2.45) is 0 Å². The molecule has 0 aromatic carbocycles. The zero-order chi connectivity index (χ0) is 8.97. The summed E-state index contributed by atoms with van der Waals surface area (Å²) >= 11 is 0. The van der Waals surface area contributed by atoms with Crippen LogP contribution in [0.25, 0.3) is 0 Å². The number of hydrogen-bond acceptors (Lipinski definition) is 3. The maximum Gasteiger partial charge on any atom is 0.250 e. The van der Waals surface area contributed by atoms with Crippen LogP contribution in [0.4, 0.5) is 0 Å². The summed E-state index contributed by atoms with van der Waals surface area (Å²) in [4.78, 5) is 11.1. The Balaban J connectivity index is 2.76. The molecule has 12 heavy (non-hydrogen) atoms. The molecule has 0 aliphatic heterocycles. The molecule has 0 fully saturated rings. The molecule has 1 atom stereocenters. The first-order valence-electron chi connectivity index (χ1n) is 3.60. The molecule has 1 aromatic heterocycles. The summed E-state index contributed by atoms with van der Waals surface area (Å²) < 4.78 is 5.99. The van der Waals surface area contributed by atoms with E-state index in [1.54, 1.807) is 18.3 Å². The van der Waals surface area contributed by atoms with Gasteiger partial charge in [-0.2, -0.15) is 0 Å². The Kier molecular flexibility index (Phi) is 3.01. The molecule has 1 aromatic rings. The average Bonchev–Trinajstić information content (AvgIpc) is 2.09. The largest absolute Gasteiger partial charge is 0.366 e. The number of pyridine rings is 1. The highest BCUT2D eigenvalue weighted by atomic mass is 16.6. The Hall–Kier alpha value is -1.13. The van der Waals surface area contributed by atoms with Gasteiger partial charge in [-0.15, -0.1) is 0 Å². The fourth-order valence-electron chi connectivity index (χ4n) is 0.854. The Morgan fingerprint density at radius 2 is 2.42 bits per heavy atom. The van der Waals surface area contributed by atoms with Gasteiger partial charge >= 0.3 is 0 Å². The molecule has 4 nitrogen and oxygen atoms in total. The quantitative estimate of drug-likeness (QED) is 0.638. The van der Waals surface area contributed by atoms with E-state index in [-0.39, 0.29) is 12.1 Å². The highest BCUT2D eigenvalue weighted by Crippen LogP contribution is 1.88. The molecule has 0 saturated carbocycles. The number of methoxy groups -OCH3 is 1. The zero-order valence-corrected chi connectivity index (χ0v) is 6.80. The lowest BCUT2D eigenvalue weighted by atomic mass is 10.4. The lowest BCUT2D eigenvalue weighted by molar-refractivity contribution is -0.0839. The van der Waals surface area contributed by atoms with Gasteiger partial charge in [-0.05, 0) is 6.07 Å². The second-order valence-corrected chi connectivity index (χ2v) is 2.38. The van der Waals surface area contributed by atoms with Crippen molar-refractivity contribution < 1.29 is 9.84 Å². The predicted molar refractivity (Wildman–Crippen MR) is 43.7 cm³/mol. The van der Waals surface area contributed by atoms with Crippen molar-refractivity contribution in [1.82, 2.24) is 4.57 Å². The Bertz CT molecular complexity index is 294. The van der Waals surface area contributed by atoms with Crippen molar-refractivity contribution in [3.05, 3.63) is 34.7 Å². The van der Waals surface area contributed by atoms with Gasteiger partial charge in [-0.1, -0.05) is 6.07 Å². The highest BCUT2D eigenvalue weighted by molar-refractivity contribution is 4.93. The molecular formula is C8H11NO3. The fraction of sp³-hybridized carbons (Fsp3) is 0.375.